The van der Waals surface area contributed by atoms with Crippen molar-refractivity contribution in [1.29, 1.82) is 0 Å². The summed E-state index contributed by atoms with van der Waals surface area (Å²) in [5.74, 6) is 0.0144. The van der Waals surface area contributed by atoms with Gasteiger partial charge in [-0.1, -0.05) is 18.2 Å². The molecule has 4 rings (SSSR count). The van der Waals surface area contributed by atoms with E-state index in [0.717, 1.165) is 24.2 Å². The van der Waals surface area contributed by atoms with Crippen molar-refractivity contribution in [2.45, 2.75) is 12.5 Å². The normalized spacial score (nSPS) is 17.0. The highest BCUT2D eigenvalue weighted by Crippen LogP contribution is 2.23. The Morgan fingerprint density at radius 1 is 1.19 bits per heavy atom. The number of H-pyrrole nitrogens is 1. The van der Waals surface area contributed by atoms with Gasteiger partial charge in [-0.05, 0) is 36.8 Å². The molecule has 0 aliphatic carbocycles. The summed E-state index contributed by atoms with van der Waals surface area (Å²) in [6.45, 7) is 1.44. The van der Waals surface area contributed by atoms with Gasteiger partial charge in [-0.25, -0.2) is 4.79 Å². The molecule has 1 saturated heterocycles. The lowest BCUT2D eigenvalue weighted by Crippen LogP contribution is -2.36. The molecule has 0 bridgehead atoms. The number of carbonyl (C=O) groups excluding carboxylic acids is 1. The maximum atomic E-state index is 12.9. The first kappa shape index (κ1) is 16.4. The molecule has 134 valence electrons. The lowest BCUT2D eigenvalue weighted by Gasteiger charge is -2.27. The minimum atomic E-state index is -0.171. The molecule has 0 radical (unpaired) electrons. The van der Waals surface area contributed by atoms with Crippen molar-refractivity contribution < 1.29 is 4.79 Å². The molecule has 2 aromatic carbocycles. The van der Waals surface area contributed by atoms with Crippen LogP contribution in [0, 0.1) is 0 Å². The number of aryl methyl sites for hydroxylation is 1. The van der Waals surface area contributed by atoms with Gasteiger partial charge in [0.05, 0.1) is 11.0 Å². The molecule has 6 nitrogen and oxygen atoms in total. The van der Waals surface area contributed by atoms with Crippen molar-refractivity contribution in [1.82, 2.24) is 14.5 Å². The Morgan fingerprint density at radius 2 is 1.96 bits per heavy atom. The molecule has 1 amide bonds. The molecule has 0 saturated carbocycles. The zero-order chi connectivity index (χ0) is 18.3. The standard InChI is InChI=1S/C20H22N4O2/c1-22(15-6-4-3-5-7-15)16-10-11-24(13-16)19(25)14-8-9-18-17(12-14)21-20(26)23(18)2/h3-9,12,16H,10-11,13H2,1-2H3,(H,21,26). The maximum absolute atomic E-state index is 12.9. The maximum Gasteiger partial charge on any atom is 0.326 e. The topological polar surface area (TPSA) is 61.3 Å². The molecule has 2 heterocycles. The number of likely N-dealkylation sites (N-methyl/N-ethyl adjacent to an activating group) is 1. The number of hydrogen-bond donors (Lipinski definition) is 1. The molecular weight excluding hydrogens is 328 g/mol. The van der Waals surface area contributed by atoms with Crippen LogP contribution in [0.1, 0.15) is 16.8 Å². The fourth-order valence-corrected chi connectivity index (χ4v) is 3.67. The van der Waals surface area contributed by atoms with Crippen LogP contribution in [0.2, 0.25) is 0 Å². The monoisotopic (exact) mass is 350 g/mol. The number of amides is 1. The summed E-state index contributed by atoms with van der Waals surface area (Å²) in [5, 5.41) is 0. The van der Waals surface area contributed by atoms with Crippen LogP contribution in [0.5, 0.6) is 0 Å². The van der Waals surface area contributed by atoms with Crippen LogP contribution in [0.25, 0.3) is 11.0 Å². The Bertz CT molecular complexity index is 1010. The zero-order valence-electron chi connectivity index (χ0n) is 15.0. The molecule has 1 N–H and O–H groups in total. The number of aromatic amines is 1. The smallest absolute Gasteiger partial charge is 0.326 e. The van der Waals surface area contributed by atoms with E-state index >= 15 is 0 Å². The molecule has 6 heteroatoms. The molecule has 1 unspecified atom stereocenters. The number of hydrogen-bond acceptors (Lipinski definition) is 3. The summed E-state index contributed by atoms with van der Waals surface area (Å²) in [6, 6.07) is 15.9. The van der Waals surface area contributed by atoms with Gasteiger partial charge in [-0.15, -0.1) is 0 Å². The van der Waals surface area contributed by atoms with E-state index in [2.05, 4.69) is 29.1 Å². The van der Waals surface area contributed by atoms with Gasteiger partial charge in [0.1, 0.15) is 0 Å². The van der Waals surface area contributed by atoms with Crippen LogP contribution in [-0.4, -0.2) is 46.5 Å². The van der Waals surface area contributed by atoms with Crippen molar-refractivity contribution in [3.8, 4) is 0 Å². The number of rotatable bonds is 3. The van der Waals surface area contributed by atoms with Crippen LogP contribution in [0.15, 0.2) is 53.3 Å². The number of aromatic nitrogens is 2. The number of nitrogens with one attached hydrogen (secondary N) is 1. The van der Waals surface area contributed by atoms with Crippen molar-refractivity contribution in [2.75, 3.05) is 25.0 Å². The van der Waals surface area contributed by atoms with Crippen molar-refractivity contribution in [2.24, 2.45) is 7.05 Å². The van der Waals surface area contributed by atoms with Gasteiger partial charge in [0.25, 0.3) is 5.91 Å². The Morgan fingerprint density at radius 3 is 2.73 bits per heavy atom. The minimum absolute atomic E-state index is 0.0144. The number of para-hydroxylation sites is 1. The van der Waals surface area contributed by atoms with E-state index in [0.29, 0.717) is 23.7 Å². The summed E-state index contributed by atoms with van der Waals surface area (Å²) in [7, 11) is 3.79. The summed E-state index contributed by atoms with van der Waals surface area (Å²) in [5.41, 5.74) is 3.10. The quantitative estimate of drug-likeness (QED) is 0.788. The van der Waals surface area contributed by atoms with Gasteiger partial charge in [0, 0.05) is 44.5 Å². The van der Waals surface area contributed by atoms with Gasteiger partial charge in [-0.2, -0.15) is 0 Å². The number of benzene rings is 2. The predicted molar refractivity (Wildman–Crippen MR) is 103 cm³/mol. The second kappa shape index (κ2) is 6.37. The third-order valence-electron chi connectivity index (χ3n) is 5.31. The van der Waals surface area contributed by atoms with E-state index in [1.54, 1.807) is 23.7 Å². The van der Waals surface area contributed by atoms with E-state index in [9.17, 15) is 9.59 Å². The molecule has 1 aromatic heterocycles. The Hall–Kier alpha value is -3.02. The minimum Gasteiger partial charge on any atom is -0.370 e. The van der Waals surface area contributed by atoms with Crippen LogP contribution >= 0.6 is 0 Å². The highest BCUT2D eigenvalue weighted by Gasteiger charge is 2.29. The average molecular weight is 350 g/mol. The first-order valence-corrected chi connectivity index (χ1v) is 8.80. The third kappa shape index (κ3) is 2.77. The number of imidazole rings is 1. The first-order chi connectivity index (χ1) is 12.5. The van der Waals surface area contributed by atoms with Gasteiger partial charge in [-0.3, -0.25) is 9.36 Å². The molecule has 1 aliphatic heterocycles. The summed E-state index contributed by atoms with van der Waals surface area (Å²) >= 11 is 0. The van der Waals surface area contributed by atoms with E-state index in [-0.39, 0.29) is 11.6 Å². The summed E-state index contributed by atoms with van der Waals surface area (Å²) in [6.07, 6.45) is 0.946. The molecular formula is C20H22N4O2. The highest BCUT2D eigenvalue weighted by atomic mass is 16.2. The fraction of sp³-hybridized carbons (Fsp3) is 0.300. The number of likely N-dealkylation sites (tertiary alicyclic amines) is 1. The number of nitrogens with zero attached hydrogens (tertiary/aromatic N) is 3. The van der Waals surface area contributed by atoms with Crippen LogP contribution in [0.4, 0.5) is 5.69 Å². The molecule has 1 fully saturated rings. The van der Waals surface area contributed by atoms with Gasteiger partial charge < -0.3 is 14.8 Å². The highest BCUT2D eigenvalue weighted by molar-refractivity contribution is 5.97. The van der Waals surface area contributed by atoms with Gasteiger partial charge in [0.2, 0.25) is 0 Å². The SMILES string of the molecule is CN(c1ccccc1)C1CCN(C(=O)c2ccc3c(c2)[nH]c(=O)n3C)C1. The largest absolute Gasteiger partial charge is 0.370 e. The van der Waals surface area contributed by atoms with Crippen molar-refractivity contribution >= 4 is 22.6 Å². The van der Waals surface area contributed by atoms with Gasteiger partial charge in [0.15, 0.2) is 0 Å². The molecule has 26 heavy (non-hydrogen) atoms. The summed E-state index contributed by atoms with van der Waals surface area (Å²) in [4.78, 5) is 31.6. The van der Waals surface area contributed by atoms with Crippen LogP contribution in [0.3, 0.4) is 0 Å². The Balaban J connectivity index is 1.52. The second-order valence-electron chi connectivity index (χ2n) is 6.86. The average Bonchev–Trinajstić information content (AvgIpc) is 3.26. The number of carbonyl (C=O) groups is 1. The molecule has 0 spiro atoms. The fourth-order valence-electron chi connectivity index (χ4n) is 3.67. The Labute approximate surface area is 151 Å². The van der Waals surface area contributed by atoms with Crippen molar-refractivity contribution in [3.63, 3.8) is 0 Å². The zero-order valence-corrected chi connectivity index (χ0v) is 15.0. The van der Waals surface area contributed by atoms with E-state index < -0.39 is 0 Å². The predicted octanol–water partition coefficient (Wildman–Crippen LogP) is 2.22. The molecule has 1 aliphatic rings. The Kier molecular flexibility index (Phi) is 4.03. The summed E-state index contributed by atoms with van der Waals surface area (Å²) < 4.78 is 1.55. The number of anilines is 1. The van der Waals surface area contributed by atoms with Gasteiger partial charge >= 0.3 is 5.69 Å². The third-order valence-corrected chi connectivity index (χ3v) is 5.31. The molecule has 1 atom stereocenters. The number of fused-ring (bicyclic) bond motifs is 1. The van der Waals surface area contributed by atoms with E-state index in [1.165, 1.54) is 0 Å². The van der Waals surface area contributed by atoms with E-state index in [4.69, 9.17) is 0 Å². The lowest BCUT2D eigenvalue weighted by molar-refractivity contribution is 0.0791. The molecule has 3 aromatic rings. The van der Waals surface area contributed by atoms with E-state index in [1.807, 2.05) is 29.2 Å². The first-order valence-electron chi connectivity index (χ1n) is 8.80. The second-order valence-corrected chi connectivity index (χ2v) is 6.86. The van der Waals surface area contributed by atoms with Crippen LogP contribution < -0.4 is 10.6 Å². The lowest BCUT2D eigenvalue weighted by atomic mass is 10.1. The van der Waals surface area contributed by atoms with Crippen LogP contribution in [-0.2, 0) is 7.05 Å². The van der Waals surface area contributed by atoms with Crippen molar-refractivity contribution in [3.05, 3.63) is 64.6 Å².